The number of carbonyl (C=O) groups is 4. The van der Waals surface area contributed by atoms with E-state index in [0.29, 0.717) is 91.1 Å². The van der Waals surface area contributed by atoms with Crippen molar-refractivity contribution in [1.29, 1.82) is 0 Å². The first-order valence-electron chi connectivity index (χ1n) is 18.4. The zero-order valence-electron chi connectivity index (χ0n) is 30.6. The van der Waals surface area contributed by atoms with E-state index in [9.17, 15) is 37.5 Å². The molecule has 14 nitrogen and oxygen atoms in total. The number of hydrogen-bond acceptors (Lipinski definition) is 9. The molecule has 2 aliphatic carbocycles. The summed E-state index contributed by atoms with van der Waals surface area (Å²) in [5.74, 6) is -0.442. The van der Waals surface area contributed by atoms with Gasteiger partial charge < -0.3 is 44.9 Å². The Morgan fingerprint density at radius 3 is 1.96 bits per heavy atom. The molecule has 6 rings (SSSR count). The molecule has 5 fully saturated rings. The van der Waals surface area contributed by atoms with E-state index in [1.807, 2.05) is 0 Å². The summed E-state index contributed by atoms with van der Waals surface area (Å²) < 4.78 is 55.2. The molecule has 0 spiro atoms. The minimum absolute atomic E-state index is 0.000611. The van der Waals surface area contributed by atoms with E-state index in [0.717, 1.165) is 31.2 Å². The molecule has 1 aromatic rings. The lowest BCUT2D eigenvalue weighted by molar-refractivity contribution is -0.152. The van der Waals surface area contributed by atoms with Gasteiger partial charge in [-0.15, -0.1) is 0 Å². The van der Waals surface area contributed by atoms with Crippen molar-refractivity contribution in [3.63, 3.8) is 0 Å². The highest BCUT2D eigenvalue weighted by Gasteiger charge is 2.54. The number of hydrogen-bond donors (Lipinski definition) is 4. The minimum atomic E-state index is -4.44. The maximum atomic E-state index is 13.7. The largest absolute Gasteiger partial charge is 0.481 e. The number of pyridine rings is 1. The number of carboxylic acids is 1. The van der Waals surface area contributed by atoms with Crippen LogP contribution in [0, 0.1) is 22.7 Å². The van der Waals surface area contributed by atoms with E-state index < -0.39 is 46.3 Å². The summed E-state index contributed by atoms with van der Waals surface area (Å²) in [5, 5.41) is 24.1. The third-order valence-electron chi connectivity index (χ3n) is 11.4. The number of carbonyl (C=O) groups excluding carboxylic acids is 2. The number of alkyl halides is 3. The van der Waals surface area contributed by atoms with E-state index in [2.05, 4.69) is 15.6 Å². The summed E-state index contributed by atoms with van der Waals surface area (Å²) in [6.45, 7) is 9.14. The maximum Gasteiger partial charge on any atom is 0.416 e. The Bertz CT molecular complexity index is 1470. The minimum Gasteiger partial charge on any atom is -0.481 e. The van der Waals surface area contributed by atoms with Crippen LogP contribution in [-0.2, 0) is 30.0 Å². The van der Waals surface area contributed by atoms with Crippen LogP contribution in [0.2, 0.25) is 0 Å². The van der Waals surface area contributed by atoms with Gasteiger partial charge in [-0.25, -0.2) is 14.6 Å². The van der Waals surface area contributed by atoms with Gasteiger partial charge in [0.2, 0.25) is 5.91 Å². The third kappa shape index (κ3) is 9.63. The molecule has 1 aromatic heterocycles. The molecule has 3 aliphatic heterocycles. The lowest BCUT2D eigenvalue weighted by Gasteiger charge is -2.42. The number of piperazine rings is 1. The molecule has 0 radical (unpaired) electrons. The molecule has 0 aromatic carbocycles. The summed E-state index contributed by atoms with van der Waals surface area (Å²) >= 11 is 0. The van der Waals surface area contributed by atoms with Crippen LogP contribution in [0.3, 0.4) is 0 Å². The number of rotatable bonds is 7. The molecular weight excluding hydrogens is 703 g/mol. The number of ether oxygens (including phenoxy) is 3. The number of halogens is 3. The monoisotopic (exact) mass is 755 g/mol. The van der Waals surface area contributed by atoms with Crippen molar-refractivity contribution in [2.45, 2.75) is 96.0 Å². The zero-order chi connectivity index (χ0) is 38.6. The fourth-order valence-corrected chi connectivity index (χ4v) is 8.69. The molecule has 0 unspecified atom stereocenters. The van der Waals surface area contributed by atoms with Crippen LogP contribution in [0.15, 0.2) is 18.3 Å². The van der Waals surface area contributed by atoms with E-state index in [4.69, 9.17) is 19.3 Å². The lowest BCUT2D eigenvalue weighted by Crippen LogP contribution is -2.55. The molecule has 3 amide bonds. The first-order chi connectivity index (χ1) is 24.9. The number of nitrogens with one attached hydrogen (secondary N) is 2. The highest BCUT2D eigenvalue weighted by Crippen LogP contribution is 2.50. The number of aromatic nitrogens is 1. The van der Waals surface area contributed by atoms with Crippen LogP contribution in [0.5, 0.6) is 0 Å². The van der Waals surface area contributed by atoms with Crippen molar-refractivity contribution in [2.24, 2.45) is 22.7 Å². The second-order valence-electron chi connectivity index (χ2n) is 15.9. The first-order valence-corrected chi connectivity index (χ1v) is 18.4. The van der Waals surface area contributed by atoms with Crippen LogP contribution in [0.1, 0.15) is 77.7 Å². The Hall–Kier alpha value is -3.86. The van der Waals surface area contributed by atoms with Crippen LogP contribution in [0.25, 0.3) is 0 Å². The van der Waals surface area contributed by atoms with Crippen molar-refractivity contribution in [3.05, 3.63) is 23.9 Å². The third-order valence-corrected chi connectivity index (χ3v) is 11.4. The molecule has 5 aliphatic rings. The van der Waals surface area contributed by atoms with Crippen LogP contribution in [-0.4, -0.2) is 114 Å². The molecule has 17 heteroatoms. The number of anilines is 1. The molecule has 0 bridgehead atoms. The Kier molecular flexibility index (Phi) is 12.4. The highest BCUT2D eigenvalue weighted by molar-refractivity contribution is 5.84. The van der Waals surface area contributed by atoms with Crippen molar-refractivity contribution in [3.8, 4) is 0 Å². The highest BCUT2D eigenvalue weighted by atomic mass is 19.4. The van der Waals surface area contributed by atoms with Crippen LogP contribution >= 0.6 is 0 Å². The second kappa shape index (κ2) is 16.2. The average molecular weight is 756 g/mol. The number of aliphatic carboxylic acids is 1. The van der Waals surface area contributed by atoms with Gasteiger partial charge in [0, 0.05) is 63.6 Å². The van der Waals surface area contributed by atoms with Gasteiger partial charge in [-0.2, -0.15) is 13.2 Å². The number of alkyl carbamates (subject to hydrolysis) is 1. The Morgan fingerprint density at radius 2 is 1.43 bits per heavy atom. The Morgan fingerprint density at radius 1 is 0.868 bits per heavy atom. The quantitative estimate of drug-likeness (QED) is 0.302. The average Bonchev–Trinajstić information content (AvgIpc) is 3.91. The molecule has 53 heavy (non-hydrogen) atoms. The van der Waals surface area contributed by atoms with Crippen molar-refractivity contribution < 1.29 is 56.8 Å². The predicted octanol–water partition coefficient (Wildman–Crippen LogP) is 4.76. The van der Waals surface area contributed by atoms with Crippen molar-refractivity contribution >= 4 is 29.9 Å². The predicted molar refractivity (Wildman–Crippen MR) is 184 cm³/mol. The maximum absolute atomic E-state index is 13.7. The lowest BCUT2D eigenvalue weighted by atomic mass is 9.72. The number of carboxylic acid groups (broad SMARTS) is 2. The summed E-state index contributed by atoms with van der Waals surface area (Å²) in [7, 11) is 0. The van der Waals surface area contributed by atoms with Gasteiger partial charge in [0.05, 0.1) is 29.6 Å². The molecule has 4 heterocycles. The summed E-state index contributed by atoms with van der Waals surface area (Å²) in [4.78, 5) is 56.0. The smallest absolute Gasteiger partial charge is 0.416 e. The fraction of sp³-hybridized carbons (Fsp3) is 0.750. The van der Waals surface area contributed by atoms with E-state index in [1.54, 1.807) is 30.6 Å². The van der Waals surface area contributed by atoms with E-state index in [1.165, 1.54) is 0 Å². The summed E-state index contributed by atoms with van der Waals surface area (Å²) in [6, 6.07) is 1.57. The summed E-state index contributed by atoms with van der Waals surface area (Å²) in [6.07, 6.45) is 0.0383. The molecule has 6 atom stereocenters. The van der Waals surface area contributed by atoms with Gasteiger partial charge in [-0.1, -0.05) is 0 Å². The van der Waals surface area contributed by atoms with Crippen molar-refractivity contribution in [1.82, 2.24) is 20.5 Å². The zero-order valence-corrected chi connectivity index (χ0v) is 30.6. The standard InChI is InChI=1S/C21H27F3N4O4.C15H25NO5/c22-21(23,24)14-2-5-25-17(11-14)27-6-8-28(9-7-27)18(29)20(15-3-10-32-13-15)4-1-16(12-20)26-19(30)31;1-14(2,3)21-13(19)16-11-4-6-15(8-11,12(17)18)10-5-7-20-9-10/h2,5,11,15-16,26H,1,3-4,6-10,12-13H2,(H,30,31);10-11H,4-9H2,1-3H3,(H,16,19)(H,17,18)/t15-,16+,20-;10-,11+,15-/m00/s1. The molecule has 3 saturated heterocycles. The molecular formula is C36H52F3N5O9. The normalized spacial score (nSPS) is 30.4. The van der Waals surface area contributed by atoms with Crippen molar-refractivity contribution in [2.75, 3.05) is 57.5 Å². The van der Waals surface area contributed by atoms with E-state index in [-0.39, 0.29) is 35.6 Å². The van der Waals surface area contributed by atoms with Gasteiger partial charge in [0.1, 0.15) is 11.4 Å². The number of amides is 3. The topological polar surface area (TPSA) is 180 Å². The van der Waals surface area contributed by atoms with Gasteiger partial charge in [0.25, 0.3) is 0 Å². The number of nitrogens with zero attached hydrogens (tertiary/aromatic N) is 3. The second-order valence-corrected chi connectivity index (χ2v) is 15.9. The fourth-order valence-electron chi connectivity index (χ4n) is 8.69. The Balaban J connectivity index is 0.000000224. The van der Waals surface area contributed by atoms with Crippen LogP contribution in [0.4, 0.5) is 28.6 Å². The molecule has 2 saturated carbocycles. The molecule has 296 valence electrons. The van der Waals surface area contributed by atoms with Gasteiger partial charge >= 0.3 is 24.3 Å². The Labute approximate surface area is 307 Å². The first kappa shape index (κ1) is 40.3. The van der Waals surface area contributed by atoms with Gasteiger partial charge in [0.15, 0.2) is 0 Å². The molecule has 4 N–H and O–H groups in total. The van der Waals surface area contributed by atoms with E-state index >= 15 is 0 Å². The summed E-state index contributed by atoms with van der Waals surface area (Å²) in [5.41, 5.74) is -2.73. The van der Waals surface area contributed by atoms with Crippen LogP contribution < -0.4 is 15.5 Å². The van der Waals surface area contributed by atoms with Gasteiger partial charge in [-0.3, -0.25) is 9.59 Å². The van der Waals surface area contributed by atoms with Gasteiger partial charge in [-0.05, 0) is 90.2 Å². The SMILES string of the molecule is CC(C)(C)OC(=O)N[C@@H]1CC[C@@](C(=O)O)([C@H]2CCOC2)C1.O=C(O)N[C@@H]1CC[C@@](C(=O)N2CCN(c3cc(C(F)(F)F)ccn3)CC2)([C@H]2CCOC2)C1.